The maximum atomic E-state index is 12.9. The number of hydrogen-bond donors (Lipinski definition) is 0. The van der Waals surface area contributed by atoms with Gasteiger partial charge in [-0.2, -0.15) is 12.2 Å². The second kappa shape index (κ2) is 10.5. The summed E-state index contributed by atoms with van der Waals surface area (Å²) in [5.41, 5.74) is 2.04. The molecule has 1 aromatic carbocycles. The van der Waals surface area contributed by atoms with E-state index in [2.05, 4.69) is 18.6 Å². The number of benzene rings is 1. The van der Waals surface area contributed by atoms with Crippen LogP contribution in [0, 0.1) is 18.4 Å². The fourth-order valence-electron chi connectivity index (χ4n) is 2.24. The Morgan fingerprint density at radius 2 is 1.96 bits per heavy atom. The molecule has 0 aromatic heterocycles. The minimum atomic E-state index is -2.52. The van der Waals surface area contributed by atoms with Crippen LogP contribution in [-0.2, 0) is 37.4 Å². The number of ether oxygens (including phenoxy) is 2. The van der Waals surface area contributed by atoms with E-state index in [-0.39, 0.29) is 32.7 Å². The van der Waals surface area contributed by atoms with Gasteiger partial charge in [0, 0.05) is 39.8 Å². The molecule has 0 unspecified atom stereocenters. The van der Waals surface area contributed by atoms with Crippen LogP contribution in [0.1, 0.15) is 5.56 Å². The van der Waals surface area contributed by atoms with E-state index >= 15 is 0 Å². The summed E-state index contributed by atoms with van der Waals surface area (Å²) in [7, 11) is 1.60. The van der Waals surface area contributed by atoms with E-state index in [1.165, 1.54) is 4.90 Å². The van der Waals surface area contributed by atoms with Crippen LogP contribution in [-0.4, -0.2) is 38.2 Å². The molecule has 0 spiro atoms. The second-order valence-electron chi connectivity index (χ2n) is 5.01. The van der Waals surface area contributed by atoms with Gasteiger partial charge in [-0.3, -0.25) is 0 Å². The smallest absolute Gasteiger partial charge is 0.256 e. The zero-order chi connectivity index (χ0) is 17.5. The van der Waals surface area contributed by atoms with Crippen molar-refractivity contribution in [3.8, 4) is 18.1 Å². The first-order valence-electron chi connectivity index (χ1n) is 7.34. The molecule has 1 aliphatic heterocycles. The third-order valence-corrected chi connectivity index (χ3v) is 3.42. The Bertz CT molecular complexity index is 690. The molecule has 129 valence electrons. The Kier molecular flexibility index (Phi) is 9.06. The summed E-state index contributed by atoms with van der Waals surface area (Å²) in [6, 6.07) is 7.10. The molecule has 25 heavy (non-hydrogen) atoms. The van der Waals surface area contributed by atoms with Crippen molar-refractivity contribution in [2.45, 2.75) is 6.43 Å². The number of hydrogen-bond acceptors (Lipinski definition) is 3. The van der Waals surface area contributed by atoms with E-state index in [9.17, 15) is 8.78 Å². The van der Waals surface area contributed by atoms with E-state index in [0.29, 0.717) is 35.9 Å². The number of terminal acetylenes is 1. The molecule has 1 heterocycles. The van der Waals surface area contributed by atoms with Crippen LogP contribution in [0.25, 0.3) is 5.70 Å². The predicted octanol–water partition coefficient (Wildman–Crippen LogP) is 3.51. The van der Waals surface area contributed by atoms with Crippen molar-refractivity contribution in [3.05, 3.63) is 59.8 Å². The molecule has 0 saturated heterocycles. The van der Waals surface area contributed by atoms with Crippen LogP contribution in [0.3, 0.4) is 0 Å². The fourth-order valence-corrected chi connectivity index (χ4v) is 2.24. The normalized spacial score (nSPS) is 13.7. The van der Waals surface area contributed by atoms with Gasteiger partial charge in [0.2, 0.25) is 0 Å². The number of halogens is 2. The topological polar surface area (TPSA) is 21.7 Å². The van der Waals surface area contributed by atoms with E-state index < -0.39 is 13.0 Å². The van der Waals surface area contributed by atoms with E-state index in [4.69, 9.17) is 15.9 Å². The van der Waals surface area contributed by atoms with Gasteiger partial charge in [0.05, 0.1) is 13.2 Å². The molecular weight excluding hydrogens is 401 g/mol. The first kappa shape index (κ1) is 21.6. The van der Waals surface area contributed by atoms with E-state index in [1.807, 2.05) is 0 Å². The number of allylic oxidation sites excluding steroid dienone is 3. The minimum Gasteiger partial charge on any atom is -0.491 e. The molecule has 0 aliphatic carbocycles. The van der Waals surface area contributed by atoms with Crippen molar-refractivity contribution in [1.29, 1.82) is 0 Å². The number of rotatable bonds is 7. The van der Waals surface area contributed by atoms with Gasteiger partial charge in [0.25, 0.3) is 6.43 Å². The van der Waals surface area contributed by atoms with Crippen molar-refractivity contribution >= 4 is 5.70 Å². The van der Waals surface area contributed by atoms with Crippen LogP contribution in [0.5, 0.6) is 5.75 Å². The molecule has 1 aliphatic rings. The summed E-state index contributed by atoms with van der Waals surface area (Å²) in [5, 5.41) is 0. The average Bonchev–Trinajstić information content (AvgIpc) is 2.57. The number of methoxy groups -OCH3 is 1. The molecule has 0 saturated carbocycles. The van der Waals surface area contributed by atoms with Gasteiger partial charge in [-0.25, -0.2) is 8.78 Å². The summed E-state index contributed by atoms with van der Waals surface area (Å²) >= 11 is 0. The standard InChI is InChI=1S/C19H18F2NO2.Y/c1-4-15-7-10-18(22(14(15)2)13-19(20)21)16-5-8-17(9-6-16)24-12-11-23-3;/h1,5-9,19H,2,11-13H2,3H3;/q-1;. The monoisotopic (exact) mass is 419 g/mol. The van der Waals surface area contributed by atoms with Gasteiger partial charge >= 0.3 is 0 Å². The number of nitrogens with zero attached hydrogens (tertiary/aromatic N) is 1. The van der Waals surface area contributed by atoms with Crippen LogP contribution < -0.4 is 4.74 Å². The van der Waals surface area contributed by atoms with Crippen LogP contribution in [0.15, 0.2) is 48.2 Å². The molecule has 3 nitrogen and oxygen atoms in total. The fraction of sp³-hybridized carbons (Fsp3) is 0.263. The molecule has 0 fully saturated rings. The second-order valence-corrected chi connectivity index (χ2v) is 5.01. The predicted molar refractivity (Wildman–Crippen MR) is 89.2 cm³/mol. The Labute approximate surface area is 172 Å². The maximum Gasteiger partial charge on any atom is 0.256 e. The summed E-state index contributed by atoms with van der Waals surface area (Å²) in [6.45, 7) is 4.26. The first-order chi connectivity index (χ1) is 11.6. The summed E-state index contributed by atoms with van der Waals surface area (Å²) in [5.74, 6) is 3.11. The minimum absolute atomic E-state index is 0. The van der Waals surface area contributed by atoms with Crippen molar-refractivity contribution in [2.75, 3.05) is 26.9 Å². The molecule has 0 atom stereocenters. The van der Waals surface area contributed by atoms with Gasteiger partial charge in [0.1, 0.15) is 12.4 Å². The molecule has 2 rings (SSSR count). The zero-order valence-corrected chi connectivity index (χ0v) is 16.8. The maximum absolute atomic E-state index is 12.9. The van der Waals surface area contributed by atoms with Gasteiger partial charge in [-0.05, 0) is 17.8 Å². The van der Waals surface area contributed by atoms with E-state index in [0.717, 1.165) is 5.56 Å². The SMILES string of the molecule is C#CC1=C[C-]=C(c2ccc(OCCOC)cc2)N(CC(F)F)C1=C.[Y]. The van der Waals surface area contributed by atoms with Gasteiger partial charge in [0.15, 0.2) is 0 Å². The molecule has 1 radical (unpaired) electrons. The third-order valence-electron chi connectivity index (χ3n) is 3.42. The van der Waals surface area contributed by atoms with Crippen LogP contribution >= 0.6 is 0 Å². The first-order valence-corrected chi connectivity index (χ1v) is 7.34. The molecule has 0 amide bonds. The quantitative estimate of drug-likeness (QED) is 0.384. The summed E-state index contributed by atoms with van der Waals surface area (Å²) in [6.07, 6.45) is 7.42. The van der Waals surface area contributed by atoms with Crippen molar-refractivity contribution in [3.63, 3.8) is 0 Å². The van der Waals surface area contributed by atoms with E-state index in [1.54, 1.807) is 37.5 Å². The van der Waals surface area contributed by atoms with Crippen molar-refractivity contribution < 1.29 is 51.0 Å². The van der Waals surface area contributed by atoms with Crippen molar-refractivity contribution in [2.24, 2.45) is 0 Å². The van der Waals surface area contributed by atoms with Gasteiger partial charge < -0.3 is 14.4 Å². The molecule has 0 N–H and O–H groups in total. The Hall–Kier alpha value is -1.48. The Morgan fingerprint density at radius 1 is 1.28 bits per heavy atom. The molecule has 6 heteroatoms. The number of alkyl halides is 2. The molecule has 0 bridgehead atoms. The summed E-state index contributed by atoms with van der Waals surface area (Å²) < 4.78 is 36.3. The molecular formula is C19H18F2NO2Y-. The Balaban J connectivity index is 0.00000312. The molecule has 1 aromatic rings. The average molecular weight is 419 g/mol. The van der Waals surface area contributed by atoms with Crippen LogP contribution in [0.2, 0.25) is 0 Å². The third kappa shape index (κ3) is 5.78. The van der Waals surface area contributed by atoms with Gasteiger partial charge in [-0.15, -0.1) is 24.5 Å². The zero-order valence-electron chi connectivity index (χ0n) is 14.0. The van der Waals surface area contributed by atoms with Crippen molar-refractivity contribution in [1.82, 2.24) is 4.90 Å². The largest absolute Gasteiger partial charge is 0.491 e. The van der Waals surface area contributed by atoms with Gasteiger partial charge in [-0.1, -0.05) is 23.4 Å². The Morgan fingerprint density at radius 3 is 2.52 bits per heavy atom. The summed E-state index contributed by atoms with van der Waals surface area (Å²) in [4.78, 5) is 1.39. The van der Waals surface area contributed by atoms with Crippen LogP contribution in [0.4, 0.5) is 8.78 Å².